The molecule has 0 radical (unpaired) electrons. The topological polar surface area (TPSA) is 84.5 Å². The molecule has 0 saturated heterocycles. The van der Waals surface area contributed by atoms with Gasteiger partial charge < -0.3 is 19.4 Å². The minimum absolute atomic E-state index is 0.308. The first-order valence-electron chi connectivity index (χ1n) is 10.1. The van der Waals surface area contributed by atoms with Crippen LogP contribution in [0.3, 0.4) is 0 Å². The predicted molar refractivity (Wildman–Crippen MR) is 127 cm³/mol. The van der Waals surface area contributed by atoms with Crippen molar-refractivity contribution in [2.75, 3.05) is 20.2 Å². The normalized spacial score (nSPS) is 11.4. The van der Waals surface area contributed by atoms with E-state index in [1.54, 1.807) is 43.4 Å². The van der Waals surface area contributed by atoms with Crippen molar-refractivity contribution >= 4 is 40.2 Å². The maximum Gasteiger partial charge on any atom is 0.410 e. The third-order valence-corrected chi connectivity index (χ3v) is 4.93. The van der Waals surface area contributed by atoms with E-state index in [4.69, 9.17) is 32.7 Å². The molecule has 0 atom stereocenters. The first-order chi connectivity index (χ1) is 15.0. The molecule has 1 N–H and O–H groups in total. The summed E-state index contributed by atoms with van der Waals surface area (Å²) in [7, 11) is 1.68. The maximum absolute atomic E-state index is 12.5. The molecule has 1 amide bonds. The van der Waals surface area contributed by atoms with Crippen LogP contribution in [-0.4, -0.2) is 46.8 Å². The van der Waals surface area contributed by atoms with E-state index < -0.39 is 5.60 Å². The number of hydrogen-bond donors (Lipinski definition) is 1. The van der Waals surface area contributed by atoms with E-state index >= 15 is 0 Å². The summed E-state index contributed by atoms with van der Waals surface area (Å²) < 4.78 is 11.3. The summed E-state index contributed by atoms with van der Waals surface area (Å²) in [6.45, 7) is 6.27. The standard InChI is InChI=1S/C23H25Cl2N3O4/c1-23(2,3)32-22(30)28(4)10-5-11-31-19-9-7-15(25)13-17(19)20-26-18-8-6-14(24)12-16(18)21(29)27-20/h6-9,12-13H,5,10-11H2,1-4H3,(H,26,27,29). The number of benzene rings is 2. The Labute approximate surface area is 196 Å². The van der Waals surface area contributed by atoms with Gasteiger partial charge in [0.15, 0.2) is 0 Å². The van der Waals surface area contributed by atoms with Crippen LogP contribution in [0, 0.1) is 0 Å². The Morgan fingerprint density at radius 1 is 1.12 bits per heavy atom. The van der Waals surface area contributed by atoms with Gasteiger partial charge in [0.05, 0.1) is 23.1 Å². The van der Waals surface area contributed by atoms with Gasteiger partial charge in [0.1, 0.15) is 17.2 Å². The number of carbonyl (C=O) groups excluding carboxylic acids is 1. The van der Waals surface area contributed by atoms with Gasteiger partial charge in [0.2, 0.25) is 0 Å². The first kappa shape index (κ1) is 23.9. The Kier molecular flexibility index (Phi) is 7.31. The van der Waals surface area contributed by atoms with Crippen molar-refractivity contribution in [3.63, 3.8) is 0 Å². The largest absolute Gasteiger partial charge is 0.493 e. The molecule has 0 aliphatic rings. The number of aromatic nitrogens is 2. The van der Waals surface area contributed by atoms with Crippen molar-refractivity contribution in [3.8, 4) is 17.1 Å². The van der Waals surface area contributed by atoms with Crippen LogP contribution < -0.4 is 10.3 Å². The van der Waals surface area contributed by atoms with E-state index in [1.165, 1.54) is 4.90 Å². The third kappa shape index (κ3) is 6.14. The molecule has 3 rings (SSSR count). The summed E-state index contributed by atoms with van der Waals surface area (Å²) in [5, 5.41) is 1.34. The number of halogens is 2. The van der Waals surface area contributed by atoms with Gasteiger partial charge in [-0.3, -0.25) is 4.79 Å². The number of nitrogens with zero attached hydrogens (tertiary/aromatic N) is 2. The molecular weight excluding hydrogens is 453 g/mol. The van der Waals surface area contributed by atoms with E-state index in [0.29, 0.717) is 57.7 Å². The highest BCUT2D eigenvalue weighted by Gasteiger charge is 2.19. The number of carbonyl (C=O) groups is 1. The number of nitrogens with one attached hydrogen (secondary N) is 1. The van der Waals surface area contributed by atoms with Crippen molar-refractivity contribution in [1.29, 1.82) is 0 Å². The fraction of sp³-hybridized carbons (Fsp3) is 0.348. The molecule has 9 heteroatoms. The number of ether oxygens (including phenoxy) is 2. The average molecular weight is 478 g/mol. The second-order valence-corrected chi connectivity index (χ2v) is 9.19. The van der Waals surface area contributed by atoms with Crippen molar-refractivity contribution in [3.05, 3.63) is 56.8 Å². The van der Waals surface area contributed by atoms with Crippen LogP contribution in [0.2, 0.25) is 10.0 Å². The molecule has 32 heavy (non-hydrogen) atoms. The average Bonchev–Trinajstić information content (AvgIpc) is 2.71. The van der Waals surface area contributed by atoms with Gasteiger partial charge in [0.25, 0.3) is 5.56 Å². The lowest BCUT2D eigenvalue weighted by molar-refractivity contribution is 0.0292. The molecule has 0 unspecified atom stereocenters. The number of fused-ring (bicyclic) bond motifs is 1. The van der Waals surface area contributed by atoms with Crippen molar-refractivity contribution in [2.45, 2.75) is 32.8 Å². The van der Waals surface area contributed by atoms with Gasteiger partial charge in [0, 0.05) is 23.6 Å². The Morgan fingerprint density at radius 2 is 1.81 bits per heavy atom. The minimum atomic E-state index is -0.546. The van der Waals surface area contributed by atoms with Gasteiger partial charge >= 0.3 is 6.09 Å². The Balaban J connectivity index is 1.74. The molecule has 0 saturated carbocycles. The smallest absolute Gasteiger partial charge is 0.410 e. The van der Waals surface area contributed by atoms with Gasteiger partial charge in [-0.15, -0.1) is 0 Å². The quantitative estimate of drug-likeness (QED) is 0.471. The lowest BCUT2D eigenvalue weighted by Crippen LogP contribution is -2.35. The molecule has 3 aromatic rings. The van der Waals surface area contributed by atoms with E-state index in [2.05, 4.69) is 9.97 Å². The third-order valence-electron chi connectivity index (χ3n) is 4.46. The molecule has 7 nitrogen and oxygen atoms in total. The lowest BCUT2D eigenvalue weighted by atomic mass is 10.1. The second kappa shape index (κ2) is 9.79. The molecular formula is C23H25Cl2N3O4. The zero-order valence-electron chi connectivity index (χ0n) is 18.4. The predicted octanol–water partition coefficient (Wildman–Crippen LogP) is 5.53. The Morgan fingerprint density at radius 3 is 2.53 bits per heavy atom. The molecule has 0 aliphatic carbocycles. The summed E-state index contributed by atoms with van der Waals surface area (Å²) in [6, 6.07) is 10.0. The summed E-state index contributed by atoms with van der Waals surface area (Å²) >= 11 is 12.2. The first-order valence-corrected chi connectivity index (χ1v) is 10.9. The van der Waals surface area contributed by atoms with E-state index in [9.17, 15) is 9.59 Å². The zero-order chi connectivity index (χ0) is 23.5. The molecule has 1 heterocycles. The lowest BCUT2D eigenvalue weighted by Gasteiger charge is -2.24. The van der Waals surface area contributed by atoms with Gasteiger partial charge in [-0.2, -0.15) is 0 Å². The second-order valence-electron chi connectivity index (χ2n) is 8.32. The molecule has 0 fully saturated rings. The number of aromatic amines is 1. The van der Waals surface area contributed by atoms with Crippen molar-refractivity contribution < 1.29 is 14.3 Å². The van der Waals surface area contributed by atoms with Crippen LogP contribution in [0.4, 0.5) is 4.79 Å². The van der Waals surface area contributed by atoms with Crippen molar-refractivity contribution in [1.82, 2.24) is 14.9 Å². The maximum atomic E-state index is 12.5. The molecule has 0 bridgehead atoms. The summed E-state index contributed by atoms with van der Waals surface area (Å²) in [4.78, 5) is 33.4. The molecule has 170 valence electrons. The number of amides is 1. The molecule has 0 aliphatic heterocycles. The fourth-order valence-corrected chi connectivity index (χ4v) is 3.31. The van der Waals surface area contributed by atoms with Crippen LogP contribution >= 0.6 is 23.2 Å². The monoisotopic (exact) mass is 477 g/mol. The van der Waals surface area contributed by atoms with Crippen LogP contribution in [-0.2, 0) is 4.74 Å². The van der Waals surface area contributed by atoms with Gasteiger partial charge in [-0.25, -0.2) is 9.78 Å². The number of rotatable bonds is 6. The van der Waals surface area contributed by atoms with E-state index in [0.717, 1.165) is 0 Å². The summed E-state index contributed by atoms with van der Waals surface area (Å²) in [5.74, 6) is 0.860. The van der Waals surface area contributed by atoms with Crippen LogP contribution in [0.25, 0.3) is 22.3 Å². The minimum Gasteiger partial charge on any atom is -0.493 e. The summed E-state index contributed by atoms with van der Waals surface area (Å²) in [6.07, 6.45) is 0.195. The van der Waals surface area contributed by atoms with Gasteiger partial charge in [-0.1, -0.05) is 23.2 Å². The Hall–Kier alpha value is -2.77. The van der Waals surface area contributed by atoms with Crippen LogP contribution in [0.5, 0.6) is 5.75 Å². The van der Waals surface area contributed by atoms with E-state index in [-0.39, 0.29) is 11.7 Å². The fourth-order valence-electron chi connectivity index (χ4n) is 2.97. The Bertz CT molecular complexity index is 1190. The van der Waals surface area contributed by atoms with Crippen LogP contribution in [0.15, 0.2) is 41.2 Å². The van der Waals surface area contributed by atoms with E-state index in [1.807, 2.05) is 20.8 Å². The van der Waals surface area contributed by atoms with Gasteiger partial charge in [-0.05, 0) is 63.6 Å². The van der Waals surface area contributed by atoms with Crippen molar-refractivity contribution in [2.24, 2.45) is 0 Å². The zero-order valence-corrected chi connectivity index (χ0v) is 19.9. The number of hydrogen-bond acceptors (Lipinski definition) is 5. The molecule has 2 aromatic carbocycles. The number of H-pyrrole nitrogens is 1. The molecule has 1 aromatic heterocycles. The summed E-state index contributed by atoms with van der Waals surface area (Å²) in [5.41, 5.74) is 0.220. The SMILES string of the molecule is CN(CCCOc1ccc(Cl)cc1-c1nc2ccc(Cl)cc2c(=O)[nH]1)C(=O)OC(C)(C)C. The molecule has 0 spiro atoms. The highest BCUT2D eigenvalue weighted by molar-refractivity contribution is 6.31. The highest BCUT2D eigenvalue weighted by Crippen LogP contribution is 2.31. The highest BCUT2D eigenvalue weighted by atomic mass is 35.5. The van der Waals surface area contributed by atoms with Crippen LogP contribution in [0.1, 0.15) is 27.2 Å².